The summed E-state index contributed by atoms with van der Waals surface area (Å²) in [4.78, 5) is 7.02. The molecule has 0 bridgehead atoms. The molecule has 1 rings (SSSR count). The number of nitrogens with zero attached hydrogens (tertiary/aromatic N) is 2. The van der Waals surface area contributed by atoms with Gasteiger partial charge in [0.25, 0.3) is 0 Å². The van der Waals surface area contributed by atoms with Crippen LogP contribution < -0.4 is 10.2 Å². The van der Waals surface area contributed by atoms with Crippen LogP contribution in [0.5, 0.6) is 0 Å². The van der Waals surface area contributed by atoms with Crippen LogP contribution in [0.4, 0.5) is 5.82 Å². The Morgan fingerprint density at radius 1 is 1.26 bits per heavy atom. The van der Waals surface area contributed by atoms with Crippen molar-refractivity contribution in [1.82, 2.24) is 10.3 Å². The smallest absolute Gasteiger partial charge is 0.128 e. The average molecular weight is 263 g/mol. The molecule has 3 heteroatoms. The monoisotopic (exact) mass is 263 g/mol. The van der Waals surface area contributed by atoms with Crippen molar-refractivity contribution in [1.29, 1.82) is 0 Å². The maximum Gasteiger partial charge on any atom is 0.128 e. The number of nitrogens with one attached hydrogen (secondary N) is 1. The topological polar surface area (TPSA) is 28.2 Å². The molecule has 0 aliphatic carbocycles. The summed E-state index contributed by atoms with van der Waals surface area (Å²) in [5.74, 6) is 1.79. The molecule has 1 heterocycles. The summed E-state index contributed by atoms with van der Waals surface area (Å²) in [5, 5.41) is 3.40. The van der Waals surface area contributed by atoms with Crippen LogP contribution in [0, 0.1) is 5.92 Å². The lowest BCUT2D eigenvalue weighted by Crippen LogP contribution is -2.31. The SMILES string of the molecule is CCCNCc1cccc(N(C)C(C)CC(C)C)n1. The van der Waals surface area contributed by atoms with Crippen molar-refractivity contribution in [2.45, 2.75) is 53.1 Å². The summed E-state index contributed by atoms with van der Waals surface area (Å²) in [6.45, 7) is 10.9. The Morgan fingerprint density at radius 3 is 2.63 bits per heavy atom. The molecule has 0 saturated heterocycles. The minimum Gasteiger partial charge on any atom is -0.357 e. The van der Waals surface area contributed by atoms with Gasteiger partial charge in [-0.3, -0.25) is 0 Å². The molecular weight excluding hydrogens is 234 g/mol. The molecule has 0 aliphatic rings. The highest BCUT2D eigenvalue weighted by atomic mass is 15.2. The van der Waals surface area contributed by atoms with Crippen LogP contribution in [0.3, 0.4) is 0 Å². The third kappa shape index (κ3) is 5.60. The van der Waals surface area contributed by atoms with E-state index in [0.29, 0.717) is 12.0 Å². The number of hydrogen-bond acceptors (Lipinski definition) is 3. The number of pyridine rings is 1. The summed E-state index contributed by atoms with van der Waals surface area (Å²) in [6.07, 6.45) is 2.35. The lowest BCUT2D eigenvalue weighted by Gasteiger charge is -2.27. The summed E-state index contributed by atoms with van der Waals surface area (Å²) in [7, 11) is 2.14. The van der Waals surface area contributed by atoms with Crippen molar-refractivity contribution in [3.8, 4) is 0 Å². The highest BCUT2D eigenvalue weighted by molar-refractivity contribution is 5.39. The Hall–Kier alpha value is -1.09. The van der Waals surface area contributed by atoms with Gasteiger partial charge in [-0.2, -0.15) is 0 Å². The maximum absolute atomic E-state index is 4.74. The molecule has 0 amide bonds. The van der Waals surface area contributed by atoms with Crippen molar-refractivity contribution < 1.29 is 0 Å². The van der Waals surface area contributed by atoms with Gasteiger partial charge in [-0.1, -0.05) is 26.8 Å². The summed E-state index contributed by atoms with van der Waals surface area (Å²) < 4.78 is 0. The van der Waals surface area contributed by atoms with E-state index in [-0.39, 0.29) is 0 Å². The van der Waals surface area contributed by atoms with Crippen LogP contribution in [-0.2, 0) is 6.54 Å². The first-order valence-corrected chi connectivity index (χ1v) is 7.44. The lowest BCUT2D eigenvalue weighted by atomic mass is 10.0. The molecule has 1 unspecified atom stereocenters. The zero-order valence-electron chi connectivity index (χ0n) is 13.1. The molecule has 108 valence electrons. The van der Waals surface area contributed by atoms with Crippen molar-refractivity contribution >= 4 is 5.82 Å². The molecular formula is C16H29N3. The Labute approximate surface area is 118 Å². The first-order valence-electron chi connectivity index (χ1n) is 7.44. The Bertz CT molecular complexity index is 363. The lowest BCUT2D eigenvalue weighted by molar-refractivity contribution is 0.501. The van der Waals surface area contributed by atoms with Gasteiger partial charge in [-0.15, -0.1) is 0 Å². The second kappa shape index (κ2) is 8.16. The fourth-order valence-corrected chi connectivity index (χ4v) is 2.22. The van der Waals surface area contributed by atoms with Crippen LogP contribution in [-0.4, -0.2) is 24.6 Å². The molecule has 1 N–H and O–H groups in total. The number of anilines is 1. The third-order valence-electron chi connectivity index (χ3n) is 3.36. The fraction of sp³-hybridized carbons (Fsp3) is 0.688. The maximum atomic E-state index is 4.74. The Morgan fingerprint density at radius 2 is 2.00 bits per heavy atom. The van der Waals surface area contributed by atoms with E-state index in [1.165, 1.54) is 6.42 Å². The quantitative estimate of drug-likeness (QED) is 0.728. The minimum absolute atomic E-state index is 0.520. The molecule has 1 atom stereocenters. The zero-order chi connectivity index (χ0) is 14.3. The molecule has 0 aromatic carbocycles. The molecule has 3 nitrogen and oxygen atoms in total. The van der Waals surface area contributed by atoms with Gasteiger partial charge in [0.1, 0.15) is 5.82 Å². The molecule has 0 aliphatic heterocycles. The highest BCUT2D eigenvalue weighted by Gasteiger charge is 2.12. The predicted molar refractivity (Wildman–Crippen MR) is 83.6 cm³/mol. The average Bonchev–Trinajstić information content (AvgIpc) is 2.38. The van der Waals surface area contributed by atoms with E-state index >= 15 is 0 Å². The first kappa shape index (κ1) is 16.0. The fourth-order valence-electron chi connectivity index (χ4n) is 2.22. The Kier molecular flexibility index (Phi) is 6.85. The second-order valence-electron chi connectivity index (χ2n) is 5.75. The van der Waals surface area contributed by atoms with Gasteiger partial charge in [0, 0.05) is 19.6 Å². The van der Waals surface area contributed by atoms with Gasteiger partial charge in [-0.25, -0.2) is 4.98 Å². The number of aromatic nitrogens is 1. The van der Waals surface area contributed by atoms with Crippen LogP contribution in [0.1, 0.15) is 46.2 Å². The molecule has 0 saturated carbocycles. The van der Waals surface area contributed by atoms with Gasteiger partial charge >= 0.3 is 0 Å². The van der Waals surface area contributed by atoms with E-state index in [0.717, 1.165) is 31.0 Å². The van der Waals surface area contributed by atoms with E-state index in [4.69, 9.17) is 4.98 Å². The highest BCUT2D eigenvalue weighted by Crippen LogP contribution is 2.17. The van der Waals surface area contributed by atoms with Crippen LogP contribution in [0.15, 0.2) is 18.2 Å². The zero-order valence-corrected chi connectivity index (χ0v) is 13.1. The van der Waals surface area contributed by atoms with Gasteiger partial charge in [0.05, 0.1) is 5.69 Å². The normalized spacial score (nSPS) is 12.7. The predicted octanol–water partition coefficient (Wildman–Crippen LogP) is 3.45. The van der Waals surface area contributed by atoms with E-state index in [1.54, 1.807) is 0 Å². The minimum atomic E-state index is 0.520. The van der Waals surface area contributed by atoms with Crippen molar-refractivity contribution in [3.05, 3.63) is 23.9 Å². The van der Waals surface area contributed by atoms with E-state index in [2.05, 4.69) is 63.2 Å². The Balaban J connectivity index is 2.64. The van der Waals surface area contributed by atoms with Crippen LogP contribution >= 0.6 is 0 Å². The summed E-state index contributed by atoms with van der Waals surface area (Å²) in [5.41, 5.74) is 1.12. The summed E-state index contributed by atoms with van der Waals surface area (Å²) in [6, 6.07) is 6.81. The number of hydrogen-bond donors (Lipinski definition) is 1. The molecule has 0 radical (unpaired) electrons. The molecule has 19 heavy (non-hydrogen) atoms. The van der Waals surface area contributed by atoms with Gasteiger partial charge in [0.15, 0.2) is 0 Å². The van der Waals surface area contributed by atoms with Gasteiger partial charge in [0.2, 0.25) is 0 Å². The largest absolute Gasteiger partial charge is 0.357 e. The molecule has 1 aromatic rings. The summed E-state index contributed by atoms with van der Waals surface area (Å²) >= 11 is 0. The van der Waals surface area contributed by atoms with E-state index < -0.39 is 0 Å². The molecule has 0 fully saturated rings. The van der Waals surface area contributed by atoms with E-state index in [1.807, 2.05) is 0 Å². The van der Waals surface area contributed by atoms with Crippen molar-refractivity contribution in [2.75, 3.05) is 18.5 Å². The van der Waals surface area contributed by atoms with E-state index in [9.17, 15) is 0 Å². The molecule has 1 aromatic heterocycles. The van der Waals surface area contributed by atoms with Crippen LogP contribution in [0.2, 0.25) is 0 Å². The van der Waals surface area contributed by atoms with Crippen molar-refractivity contribution in [3.63, 3.8) is 0 Å². The standard InChI is InChI=1S/C16H29N3/c1-6-10-17-12-15-8-7-9-16(18-15)19(5)14(4)11-13(2)3/h7-9,13-14,17H,6,10-12H2,1-5H3. The van der Waals surface area contributed by atoms with Crippen LogP contribution in [0.25, 0.3) is 0 Å². The van der Waals surface area contributed by atoms with Crippen molar-refractivity contribution in [2.24, 2.45) is 5.92 Å². The van der Waals surface area contributed by atoms with Gasteiger partial charge in [-0.05, 0) is 44.4 Å². The number of rotatable bonds is 8. The third-order valence-corrected chi connectivity index (χ3v) is 3.36. The second-order valence-corrected chi connectivity index (χ2v) is 5.75. The van der Waals surface area contributed by atoms with Gasteiger partial charge < -0.3 is 10.2 Å². The molecule has 0 spiro atoms. The first-order chi connectivity index (χ1) is 9.04.